The van der Waals surface area contributed by atoms with Crippen LogP contribution in [0.2, 0.25) is 0 Å². The van der Waals surface area contributed by atoms with Crippen molar-refractivity contribution in [2.75, 3.05) is 24.6 Å². The van der Waals surface area contributed by atoms with Crippen LogP contribution >= 0.6 is 0 Å². The first-order valence-electron chi connectivity index (χ1n) is 6.30. The molecule has 4 heteroatoms. The van der Waals surface area contributed by atoms with Crippen LogP contribution in [0.25, 0.3) is 0 Å². The summed E-state index contributed by atoms with van der Waals surface area (Å²) in [6, 6.07) is 6.55. The van der Waals surface area contributed by atoms with Crippen LogP contribution in [0.4, 0.5) is 10.1 Å². The summed E-state index contributed by atoms with van der Waals surface area (Å²) in [5.74, 6) is -0.339. The number of halogens is 1. The van der Waals surface area contributed by atoms with Crippen molar-refractivity contribution in [2.24, 2.45) is 0 Å². The molecule has 1 aliphatic heterocycles. The van der Waals surface area contributed by atoms with Crippen molar-refractivity contribution < 1.29 is 9.13 Å². The Morgan fingerprint density at radius 1 is 1.56 bits per heavy atom. The van der Waals surface area contributed by atoms with Gasteiger partial charge in [0.1, 0.15) is 5.82 Å². The fraction of sp³-hybridized carbons (Fsp3) is 0.500. The summed E-state index contributed by atoms with van der Waals surface area (Å²) in [5, 5.41) is 8.73. The Bertz CT molecular complexity index is 450. The van der Waals surface area contributed by atoms with Gasteiger partial charge in [0, 0.05) is 19.7 Å². The van der Waals surface area contributed by atoms with E-state index in [2.05, 4.69) is 0 Å². The molecule has 18 heavy (non-hydrogen) atoms. The second kappa shape index (κ2) is 5.83. The Balaban J connectivity index is 2.14. The number of likely N-dealkylation sites (N-methyl/N-ethyl adjacent to an activating group) is 1. The second-order valence-electron chi connectivity index (χ2n) is 4.45. The van der Waals surface area contributed by atoms with Crippen molar-refractivity contribution in [3.63, 3.8) is 0 Å². The van der Waals surface area contributed by atoms with Gasteiger partial charge >= 0.3 is 0 Å². The highest BCUT2D eigenvalue weighted by Gasteiger charge is 2.20. The minimum Gasteiger partial charge on any atom is -0.376 e. The summed E-state index contributed by atoms with van der Waals surface area (Å²) < 4.78 is 19.5. The van der Waals surface area contributed by atoms with Gasteiger partial charge in [0.25, 0.3) is 0 Å². The SMILES string of the molecule is CCN(CC1CCCO1)c1ccc(C#N)cc1F. The molecule has 0 aromatic heterocycles. The van der Waals surface area contributed by atoms with Crippen molar-refractivity contribution in [1.29, 1.82) is 5.26 Å². The molecule has 1 atom stereocenters. The topological polar surface area (TPSA) is 36.3 Å². The first-order valence-corrected chi connectivity index (χ1v) is 6.30. The van der Waals surface area contributed by atoms with Crippen LogP contribution in [0.1, 0.15) is 25.3 Å². The first-order chi connectivity index (χ1) is 8.74. The van der Waals surface area contributed by atoms with Crippen molar-refractivity contribution in [1.82, 2.24) is 0 Å². The highest BCUT2D eigenvalue weighted by molar-refractivity contribution is 5.51. The van der Waals surface area contributed by atoms with Gasteiger partial charge in [-0.15, -0.1) is 0 Å². The molecule has 1 unspecified atom stereocenters. The molecule has 96 valence electrons. The zero-order valence-electron chi connectivity index (χ0n) is 10.5. The summed E-state index contributed by atoms with van der Waals surface area (Å²) in [7, 11) is 0. The number of anilines is 1. The molecule has 2 rings (SSSR count). The average molecular weight is 248 g/mol. The average Bonchev–Trinajstić information content (AvgIpc) is 2.89. The van der Waals surface area contributed by atoms with Crippen LogP contribution < -0.4 is 4.90 Å². The molecule has 1 fully saturated rings. The summed E-state index contributed by atoms with van der Waals surface area (Å²) in [4.78, 5) is 1.96. The molecule has 0 amide bonds. The van der Waals surface area contributed by atoms with Crippen LogP contribution in [-0.2, 0) is 4.74 Å². The van der Waals surface area contributed by atoms with Gasteiger partial charge in [-0.1, -0.05) is 0 Å². The normalized spacial score (nSPS) is 18.6. The van der Waals surface area contributed by atoms with Crippen molar-refractivity contribution in [2.45, 2.75) is 25.9 Å². The maximum absolute atomic E-state index is 13.9. The highest BCUT2D eigenvalue weighted by atomic mass is 19.1. The standard InChI is InChI=1S/C14H17FN2O/c1-2-17(10-12-4-3-7-18-12)14-6-5-11(9-16)8-13(14)15/h5-6,8,12H,2-4,7,10H2,1H3. The van der Waals surface area contributed by atoms with E-state index in [-0.39, 0.29) is 11.9 Å². The Morgan fingerprint density at radius 2 is 2.39 bits per heavy atom. The van der Waals surface area contributed by atoms with Crippen molar-refractivity contribution >= 4 is 5.69 Å². The smallest absolute Gasteiger partial charge is 0.147 e. The molecule has 1 aromatic rings. The Hall–Kier alpha value is -1.60. The molecular formula is C14H17FN2O. The number of hydrogen-bond donors (Lipinski definition) is 0. The highest BCUT2D eigenvalue weighted by Crippen LogP contribution is 2.23. The van der Waals surface area contributed by atoms with Crippen molar-refractivity contribution in [3.05, 3.63) is 29.6 Å². The maximum atomic E-state index is 13.9. The van der Waals surface area contributed by atoms with E-state index in [1.54, 1.807) is 12.1 Å². The third-order valence-electron chi connectivity index (χ3n) is 3.25. The molecule has 1 heterocycles. The van der Waals surface area contributed by atoms with E-state index in [0.717, 1.165) is 26.0 Å². The van der Waals surface area contributed by atoms with E-state index in [4.69, 9.17) is 10.00 Å². The molecule has 0 aliphatic carbocycles. The zero-order chi connectivity index (χ0) is 13.0. The van der Waals surface area contributed by atoms with Crippen LogP contribution in [0, 0.1) is 17.1 Å². The lowest BCUT2D eigenvalue weighted by Crippen LogP contribution is -2.32. The van der Waals surface area contributed by atoms with Crippen LogP contribution in [0.15, 0.2) is 18.2 Å². The lowest BCUT2D eigenvalue weighted by Gasteiger charge is -2.26. The number of ether oxygens (including phenoxy) is 1. The van der Waals surface area contributed by atoms with E-state index in [0.29, 0.717) is 17.8 Å². The summed E-state index contributed by atoms with van der Waals surface area (Å²) in [6.45, 7) is 4.23. The van der Waals surface area contributed by atoms with E-state index in [9.17, 15) is 4.39 Å². The van der Waals surface area contributed by atoms with Crippen molar-refractivity contribution in [3.8, 4) is 6.07 Å². The van der Waals surface area contributed by atoms with Crippen LogP contribution in [-0.4, -0.2) is 25.8 Å². The van der Waals surface area contributed by atoms with Crippen LogP contribution in [0.3, 0.4) is 0 Å². The number of rotatable bonds is 4. The van der Waals surface area contributed by atoms with Gasteiger partial charge in [-0.25, -0.2) is 4.39 Å². The third kappa shape index (κ3) is 2.80. The van der Waals surface area contributed by atoms with E-state index >= 15 is 0 Å². The summed E-state index contributed by atoms with van der Waals surface area (Å²) >= 11 is 0. The Morgan fingerprint density at radius 3 is 2.94 bits per heavy atom. The molecule has 1 aromatic carbocycles. The molecule has 1 aliphatic rings. The number of benzene rings is 1. The minimum absolute atomic E-state index is 0.194. The fourth-order valence-corrected chi connectivity index (χ4v) is 2.26. The summed E-state index contributed by atoms with van der Waals surface area (Å²) in [6.07, 6.45) is 2.31. The molecular weight excluding hydrogens is 231 g/mol. The predicted molar refractivity (Wildman–Crippen MR) is 68.0 cm³/mol. The molecule has 1 saturated heterocycles. The molecule has 0 radical (unpaired) electrons. The molecule has 3 nitrogen and oxygen atoms in total. The number of hydrogen-bond acceptors (Lipinski definition) is 3. The quantitative estimate of drug-likeness (QED) is 0.822. The zero-order valence-corrected chi connectivity index (χ0v) is 10.5. The van der Waals surface area contributed by atoms with Gasteiger partial charge in [-0.2, -0.15) is 5.26 Å². The van der Waals surface area contributed by atoms with Gasteiger partial charge in [-0.05, 0) is 38.0 Å². The first kappa shape index (κ1) is 12.8. The minimum atomic E-state index is -0.339. The maximum Gasteiger partial charge on any atom is 0.147 e. The lowest BCUT2D eigenvalue weighted by molar-refractivity contribution is 0.115. The largest absolute Gasteiger partial charge is 0.376 e. The molecule has 0 spiro atoms. The summed E-state index contributed by atoms with van der Waals surface area (Å²) in [5.41, 5.74) is 0.899. The van der Waals surface area contributed by atoms with Gasteiger partial charge in [0.2, 0.25) is 0 Å². The van der Waals surface area contributed by atoms with Gasteiger partial charge in [-0.3, -0.25) is 0 Å². The lowest BCUT2D eigenvalue weighted by atomic mass is 10.1. The van der Waals surface area contributed by atoms with E-state index in [1.165, 1.54) is 6.07 Å². The Labute approximate surface area is 107 Å². The van der Waals surface area contributed by atoms with Gasteiger partial charge < -0.3 is 9.64 Å². The number of nitriles is 1. The monoisotopic (exact) mass is 248 g/mol. The second-order valence-corrected chi connectivity index (χ2v) is 4.45. The van der Waals surface area contributed by atoms with Gasteiger partial charge in [0.15, 0.2) is 0 Å². The van der Waals surface area contributed by atoms with Crippen LogP contribution in [0.5, 0.6) is 0 Å². The molecule has 0 saturated carbocycles. The number of nitrogens with zero attached hydrogens (tertiary/aromatic N) is 2. The molecule has 0 N–H and O–H groups in total. The molecule has 0 bridgehead atoms. The third-order valence-corrected chi connectivity index (χ3v) is 3.25. The van der Waals surface area contributed by atoms with E-state index in [1.807, 2.05) is 17.9 Å². The predicted octanol–water partition coefficient (Wildman–Crippen LogP) is 2.70. The van der Waals surface area contributed by atoms with Gasteiger partial charge in [0.05, 0.1) is 23.4 Å². The fourth-order valence-electron chi connectivity index (χ4n) is 2.26. The Kier molecular flexibility index (Phi) is 4.16. The van der Waals surface area contributed by atoms with E-state index < -0.39 is 0 Å².